The van der Waals surface area contributed by atoms with E-state index in [1.54, 1.807) is 0 Å². The van der Waals surface area contributed by atoms with Gasteiger partial charge in [0.15, 0.2) is 5.82 Å². The molecule has 33 heavy (non-hydrogen) atoms. The van der Waals surface area contributed by atoms with Crippen molar-refractivity contribution in [3.8, 4) is 11.5 Å². The number of rotatable bonds is 5. The Hall–Kier alpha value is -3.12. The molecule has 1 fully saturated rings. The van der Waals surface area contributed by atoms with E-state index in [4.69, 9.17) is 10.7 Å². The highest BCUT2D eigenvalue weighted by Crippen LogP contribution is 2.39. The minimum absolute atomic E-state index is 0.0305. The van der Waals surface area contributed by atoms with Crippen molar-refractivity contribution in [2.75, 3.05) is 13.1 Å². The van der Waals surface area contributed by atoms with Crippen molar-refractivity contribution in [3.05, 3.63) is 53.1 Å². The third kappa shape index (κ3) is 3.27. The van der Waals surface area contributed by atoms with Crippen LogP contribution in [0.25, 0.3) is 33.5 Å². The van der Waals surface area contributed by atoms with Crippen LogP contribution in [0.3, 0.4) is 0 Å². The summed E-state index contributed by atoms with van der Waals surface area (Å²) in [7, 11) is 2.10. The van der Waals surface area contributed by atoms with Crippen LogP contribution >= 0.6 is 0 Å². The van der Waals surface area contributed by atoms with Gasteiger partial charge in [-0.25, -0.2) is 4.98 Å². The van der Waals surface area contributed by atoms with E-state index in [0.29, 0.717) is 6.54 Å². The Bertz CT molecular complexity index is 1410. The van der Waals surface area contributed by atoms with Crippen LogP contribution in [-0.2, 0) is 20.0 Å². The largest absolute Gasteiger partial charge is 0.337 e. The molecule has 170 valence electrons. The minimum Gasteiger partial charge on any atom is -0.337 e. The molecule has 0 bridgehead atoms. The number of benzene rings is 2. The molecule has 1 aliphatic carbocycles. The second kappa shape index (κ2) is 7.45. The van der Waals surface area contributed by atoms with Crippen molar-refractivity contribution in [1.82, 2.24) is 19.0 Å². The number of hydrogen-bond donors (Lipinski definition) is 1. The summed E-state index contributed by atoms with van der Waals surface area (Å²) in [4.78, 5) is 20.1. The molecule has 2 aliphatic rings. The molecule has 0 spiro atoms. The lowest BCUT2D eigenvalue weighted by atomic mass is 9.97. The van der Waals surface area contributed by atoms with E-state index in [9.17, 15) is 4.79 Å². The normalized spacial score (nSPS) is 17.2. The number of hydrogen-bond acceptors (Lipinski definition) is 3. The van der Waals surface area contributed by atoms with Crippen molar-refractivity contribution in [2.45, 2.75) is 45.7 Å². The maximum Gasteiger partial charge on any atom is 0.254 e. The molecule has 2 N–H and O–H groups in total. The van der Waals surface area contributed by atoms with Crippen molar-refractivity contribution in [1.29, 1.82) is 0 Å². The Morgan fingerprint density at radius 1 is 1.18 bits per heavy atom. The number of aryl methyl sites for hydroxylation is 2. The molecule has 6 rings (SSSR count). The summed E-state index contributed by atoms with van der Waals surface area (Å²) in [5.41, 5.74) is 13.6. The van der Waals surface area contributed by atoms with Crippen LogP contribution in [-0.4, -0.2) is 44.1 Å². The summed E-state index contributed by atoms with van der Waals surface area (Å²) in [5, 5.41) is 1.29. The second-order valence-corrected chi connectivity index (χ2v) is 10.0. The topological polar surface area (TPSA) is 69.1 Å². The third-order valence-electron chi connectivity index (χ3n) is 7.36. The Labute approximate surface area is 194 Å². The fraction of sp³-hybridized carbons (Fsp3) is 0.407. The number of nitrogens with zero attached hydrogens (tertiary/aromatic N) is 4. The Morgan fingerprint density at radius 2 is 1.97 bits per heavy atom. The van der Waals surface area contributed by atoms with E-state index < -0.39 is 0 Å². The van der Waals surface area contributed by atoms with Crippen LogP contribution in [0.2, 0.25) is 0 Å². The maximum absolute atomic E-state index is 13.1. The summed E-state index contributed by atoms with van der Waals surface area (Å²) in [6, 6.07) is 12.8. The molecule has 0 unspecified atom stereocenters. The molecule has 1 saturated carbocycles. The molecule has 2 aromatic heterocycles. The van der Waals surface area contributed by atoms with Crippen molar-refractivity contribution >= 4 is 27.8 Å². The van der Waals surface area contributed by atoms with Gasteiger partial charge in [-0.05, 0) is 68.4 Å². The molecule has 6 heteroatoms. The summed E-state index contributed by atoms with van der Waals surface area (Å²) < 4.78 is 4.68. The molecule has 0 saturated heterocycles. The SMILES string of the molecule is Cc1c(-c2nc3cc4c(cc3n2C)CCN(C[C@@H](C)N)C4=O)n(CC2CC2)c2ccccc12. The Morgan fingerprint density at radius 3 is 2.73 bits per heavy atom. The molecule has 6 nitrogen and oxygen atoms in total. The van der Waals surface area contributed by atoms with Gasteiger partial charge < -0.3 is 19.8 Å². The van der Waals surface area contributed by atoms with Gasteiger partial charge in [-0.1, -0.05) is 18.2 Å². The van der Waals surface area contributed by atoms with Gasteiger partial charge in [0.05, 0.1) is 16.7 Å². The highest BCUT2D eigenvalue weighted by Gasteiger charge is 2.29. The molecular formula is C27H31N5O. The van der Waals surface area contributed by atoms with Crippen LogP contribution in [0.4, 0.5) is 0 Å². The van der Waals surface area contributed by atoms with Crippen LogP contribution in [0, 0.1) is 12.8 Å². The van der Waals surface area contributed by atoms with Crippen LogP contribution < -0.4 is 5.73 Å². The lowest BCUT2D eigenvalue weighted by molar-refractivity contribution is 0.0732. The van der Waals surface area contributed by atoms with Crippen molar-refractivity contribution in [3.63, 3.8) is 0 Å². The van der Waals surface area contributed by atoms with Crippen LogP contribution in [0.1, 0.15) is 41.3 Å². The van der Waals surface area contributed by atoms with Crippen molar-refractivity contribution < 1.29 is 4.79 Å². The Kier molecular flexibility index (Phi) is 4.63. The van der Waals surface area contributed by atoms with Gasteiger partial charge in [0.2, 0.25) is 0 Å². The van der Waals surface area contributed by atoms with Gasteiger partial charge in [-0.2, -0.15) is 0 Å². The van der Waals surface area contributed by atoms with E-state index >= 15 is 0 Å². The summed E-state index contributed by atoms with van der Waals surface area (Å²) in [5.74, 6) is 1.80. The van der Waals surface area contributed by atoms with Gasteiger partial charge in [-0.15, -0.1) is 0 Å². The average molecular weight is 442 g/mol. The number of carbonyl (C=O) groups is 1. The standard InChI is InChI=1S/C27H31N5O/c1-16(28)14-31-11-10-19-12-24-22(13-21(19)27(31)33)29-26(30(24)3)25-17(2)20-6-4-5-7-23(20)32(25)15-18-8-9-18/h4-7,12-13,16,18H,8-11,14-15,28H2,1-3H3/t16-/m1/s1. The smallest absolute Gasteiger partial charge is 0.254 e. The summed E-state index contributed by atoms with van der Waals surface area (Å²) >= 11 is 0. The monoisotopic (exact) mass is 441 g/mol. The average Bonchev–Trinajstić information content (AvgIpc) is 3.51. The molecule has 0 radical (unpaired) electrons. The van der Waals surface area contributed by atoms with Gasteiger partial charge >= 0.3 is 0 Å². The predicted octanol–water partition coefficient (Wildman–Crippen LogP) is 4.26. The number of imidazole rings is 1. The van der Waals surface area contributed by atoms with E-state index in [1.165, 1.54) is 35.0 Å². The fourth-order valence-electron chi connectivity index (χ4n) is 5.46. The highest BCUT2D eigenvalue weighted by atomic mass is 16.2. The molecule has 4 aromatic rings. The molecule has 1 aliphatic heterocycles. The number of carbonyl (C=O) groups excluding carboxylic acids is 1. The lowest BCUT2D eigenvalue weighted by Crippen LogP contribution is -2.43. The maximum atomic E-state index is 13.1. The van der Waals surface area contributed by atoms with E-state index in [-0.39, 0.29) is 11.9 Å². The summed E-state index contributed by atoms with van der Waals surface area (Å²) in [6.45, 7) is 6.50. The lowest BCUT2D eigenvalue weighted by Gasteiger charge is -2.29. The molecule has 2 aromatic carbocycles. The van der Waals surface area contributed by atoms with Gasteiger partial charge in [0.1, 0.15) is 0 Å². The first-order valence-corrected chi connectivity index (χ1v) is 12.0. The fourth-order valence-corrected chi connectivity index (χ4v) is 5.46. The number of fused-ring (bicyclic) bond motifs is 3. The minimum atomic E-state index is -0.0305. The zero-order valence-corrected chi connectivity index (χ0v) is 19.6. The van der Waals surface area contributed by atoms with E-state index in [0.717, 1.165) is 53.4 Å². The van der Waals surface area contributed by atoms with E-state index in [1.807, 2.05) is 17.9 Å². The molecular weight excluding hydrogens is 410 g/mol. The highest BCUT2D eigenvalue weighted by molar-refractivity contribution is 6.01. The predicted molar refractivity (Wildman–Crippen MR) is 132 cm³/mol. The first-order valence-electron chi connectivity index (χ1n) is 12.0. The zero-order valence-electron chi connectivity index (χ0n) is 19.6. The first kappa shape index (κ1) is 20.5. The second-order valence-electron chi connectivity index (χ2n) is 10.0. The van der Waals surface area contributed by atoms with Gasteiger partial charge in [0.25, 0.3) is 5.91 Å². The van der Waals surface area contributed by atoms with E-state index in [2.05, 4.69) is 53.4 Å². The first-order chi connectivity index (χ1) is 15.9. The Balaban J connectivity index is 1.51. The number of para-hydroxylation sites is 1. The zero-order chi connectivity index (χ0) is 22.9. The number of nitrogens with two attached hydrogens (primary N) is 1. The molecule has 1 amide bonds. The molecule has 1 atom stereocenters. The molecule has 3 heterocycles. The number of aromatic nitrogens is 3. The van der Waals surface area contributed by atoms with Crippen LogP contribution in [0.5, 0.6) is 0 Å². The quantitative estimate of drug-likeness (QED) is 0.503. The third-order valence-corrected chi connectivity index (χ3v) is 7.36. The van der Waals surface area contributed by atoms with Gasteiger partial charge in [-0.3, -0.25) is 4.79 Å². The number of amides is 1. The van der Waals surface area contributed by atoms with Gasteiger partial charge in [0, 0.05) is 49.2 Å². The van der Waals surface area contributed by atoms with Crippen LogP contribution in [0.15, 0.2) is 36.4 Å². The summed E-state index contributed by atoms with van der Waals surface area (Å²) in [6.07, 6.45) is 3.46. The van der Waals surface area contributed by atoms with Crippen molar-refractivity contribution in [2.24, 2.45) is 18.7 Å².